The van der Waals surface area contributed by atoms with Gasteiger partial charge in [0.15, 0.2) is 0 Å². The van der Waals surface area contributed by atoms with Crippen LogP contribution in [-0.4, -0.2) is 44.4 Å². The number of hydrogen-bond donors (Lipinski definition) is 1. The molecule has 12 heteroatoms. The lowest BCUT2D eigenvalue weighted by Crippen LogP contribution is -2.33. The summed E-state index contributed by atoms with van der Waals surface area (Å²) in [6.45, 7) is 5.96. The van der Waals surface area contributed by atoms with Crippen LogP contribution in [0.4, 0.5) is 22.0 Å². The molecule has 3 aromatic heterocycles. The molecule has 1 unspecified atom stereocenters. The van der Waals surface area contributed by atoms with Crippen LogP contribution in [0.5, 0.6) is 5.88 Å². The molecule has 3 aliphatic rings. The largest absolute Gasteiger partial charge is 0.474 e. The molecule has 2 N–H and O–H groups in total. The molecule has 224 valence electrons. The van der Waals surface area contributed by atoms with Crippen molar-refractivity contribution in [2.75, 3.05) is 13.1 Å². The van der Waals surface area contributed by atoms with Crippen molar-refractivity contribution in [3.63, 3.8) is 0 Å². The molecule has 2 fully saturated rings. The first-order valence-electron chi connectivity index (χ1n) is 13.9. The van der Waals surface area contributed by atoms with Crippen LogP contribution < -0.4 is 10.5 Å². The number of carbonyl (C=O) groups is 1. The van der Waals surface area contributed by atoms with Crippen LogP contribution in [0.1, 0.15) is 52.2 Å². The third-order valence-electron chi connectivity index (χ3n) is 8.64. The number of nitrogens with zero attached hydrogens (tertiary/aromatic N) is 4. The molecule has 3 atom stereocenters. The second kappa shape index (κ2) is 8.98. The number of amides is 1. The number of fused-ring (bicyclic) bond motifs is 3. The zero-order chi connectivity index (χ0) is 30.6. The van der Waals surface area contributed by atoms with E-state index in [0.29, 0.717) is 41.5 Å². The Morgan fingerprint density at radius 1 is 1.05 bits per heavy atom. The minimum absolute atomic E-state index is 0.00348. The van der Waals surface area contributed by atoms with E-state index in [0.717, 1.165) is 11.6 Å². The van der Waals surface area contributed by atoms with Crippen LogP contribution in [0.25, 0.3) is 16.9 Å². The summed E-state index contributed by atoms with van der Waals surface area (Å²) >= 11 is 0. The number of rotatable bonds is 5. The van der Waals surface area contributed by atoms with Crippen LogP contribution in [0.3, 0.4) is 0 Å². The third-order valence-corrected chi connectivity index (χ3v) is 8.64. The fourth-order valence-corrected chi connectivity index (χ4v) is 6.25. The number of aryl methyl sites for hydroxylation is 1. The quantitative estimate of drug-likeness (QED) is 0.298. The van der Waals surface area contributed by atoms with Gasteiger partial charge in [0.25, 0.3) is 11.8 Å². The van der Waals surface area contributed by atoms with E-state index in [4.69, 9.17) is 10.5 Å². The number of hydrogen-bond acceptors (Lipinski definition) is 5. The van der Waals surface area contributed by atoms with Gasteiger partial charge in [0.05, 0.1) is 22.5 Å². The lowest BCUT2D eigenvalue weighted by molar-refractivity contribution is -0.136. The van der Waals surface area contributed by atoms with Gasteiger partial charge < -0.3 is 19.8 Å². The van der Waals surface area contributed by atoms with Crippen molar-refractivity contribution in [3.05, 3.63) is 82.3 Å². The monoisotopic (exact) mass is 597 g/mol. The Balaban J connectivity index is 1.09. The average molecular weight is 598 g/mol. The summed E-state index contributed by atoms with van der Waals surface area (Å²) in [6, 6.07) is 9.22. The van der Waals surface area contributed by atoms with E-state index in [1.54, 1.807) is 30.0 Å². The molecular formula is C31H28F5N5O2. The molecular weight excluding hydrogens is 569 g/mol. The molecule has 7 rings (SSSR count). The van der Waals surface area contributed by atoms with E-state index in [9.17, 15) is 26.7 Å². The second-order valence-electron chi connectivity index (χ2n) is 12.4. The Labute approximate surface area is 243 Å². The number of ether oxygens (including phenoxy) is 1. The van der Waals surface area contributed by atoms with Crippen molar-refractivity contribution in [1.82, 2.24) is 19.3 Å². The zero-order valence-electron chi connectivity index (χ0n) is 23.5. The maximum Gasteiger partial charge on any atom is 0.420 e. The number of imidazole rings is 1. The number of piperidine rings is 1. The second-order valence-corrected chi connectivity index (χ2v) is 12.4. The van der Waals surface area contributed by atoms with Gasteiger partial charge in [-0.05, 0) is 50.1 Å². The number of aromatic nitrogens is 3. The van der Waals surface area contributed by atoms with Crippen molar-refractivity contribution in [2.45, 2.75) is 50.9 Å². The Kier molecular flexibility index (Phi) is 5.79. The maximum absolute atomic E-state index is 13.8. The molecule has 1 aromatic carbocycles. The molecule has 4 aromatic rings. The molecule has 1 amide bonds. The van der Waals surface area contributed by atoms with E-state index >= 15 is 0 Å². The normalized spacial score (nSPS) is 22.3. The van der Waals surface area contributed by atoms with Gasteiger partial charge >= 0.3 is 6.18 Å². The highest BCUT2D eigenvalue weighted by Gasteiger charge is 2.59. The maximum atomic E-state index is 13.8. The van der Waals surface area contributed by atoms with E-state index in [-0.39, 0.29) is 41.1 Å². The number of alkyl halides is 5. The van der Waals surface area contributed by atoms with E-state index < -0.39 is 29.1 Å². The highest BCUT2D eigenvalue weighted by Crippen LogP contribution is 2.49. The molecule has 0 bridgehead atoms. The fraction of sp³-hybridized carbons (Fsp3) is 0.387. The number of pyridine rings is 2. The van der Waals surface area contributed by atoms with Gasteiger partial charge in [0.2, 0.25) is 5.88 Å². The molecule has 0 radical (unpaired) electrons. The lowest BCUT2D eigenvalue weighted by atomic mass is 9.83. The van der Waals surface area contributed by atoms with Gasteiger partial charge in [-0.1, -0.05) is 12.1 Å². The molecule has 2 aliphatic carbocycles. The van der Waals surface area contributed by atoms with Gasteiger partial charge in [-0.15, -0.1) is 0 Å². The summed E-state index contributed by atoms with van der Waals surface area (Å²) in [7, 11) is 0. The van der Waals surface area contributed by atoms with E-state index in [1.807, 2.05) is 19.9 Å². The van der Waals surface area contributed by atoms with Crippen LogP contribution in [0.15, 0.2) is 48.8 Å². The Hall–Kier alpha value is -4.06. The van der Waals surface area contributed by atoms with Gasteiger partial charge in [0.1, 0.15) is 11.8 Å². The summed E-state index contributed by atoms with van der Waals surface area (Å²) in [5.41, 5.74) is 7.43. The van der Waals surface area contributed by atoms with Gasteiger partial charge in [-0.3, -0.25) is 4.79 Å². The number of halogens is 5. The summed E-state index contributed by atoms with van der Waals surface area (Å²) < 4.78 is 76.3. The number of nitrogens with two attached hydrogens (primary N) is 1. The van der Waals surface area contributed by atoms with Gasteiger partial charge in [-0.2, -0.15) is 13.2 Å². The highest BCUT2D eigenvalue weighted by atomic mass is 19.4. The first-order chi connectivity index (χ1) is 20.1. The minimum atomic E-state index is -4.66. The van der Waals surface area contributed by atoms with E-state index in [1.165, 1.54) is 22.9 Å². The summed E-state index contributed by atoms with van der Waals surface area (Å²) in [5, 5.41) is 0. The Morgan fingerprint density at radius 3 is 2.40 bits per heavy atom. The lowest BCUT2D eigenvalue weighted by Gasteiger charge is -2.30. The predicted molar refractivity (Wildman–Crippen MR) is 147 cm³/mol. The SMILES string of the molecule is Cc1cn2cc(C(=O)N3C[C@@H]4C(Oc5cc(C(C)(C)N)cc(-c6ccc7c(c6)CC7(F)F)n5)[C@@H]4C3)cc(C(F)(F)F)c2n1. The summed E-state index contributed by atoms with van der Waals surface area (Å²) in [4.78, 5) is 23.5. The molecule has 1 saturated heterocycles. The van der Waals surface area contributed by atoms with Crippen molar-refractivity contribution < 1.29 is 31.5 Å². The third kappa shape index (κ3) is 4.72. The van der Waals surface area contributed by atoms with Crippen LogP contribution in [-0.2, 0) is 24.1 Å². The van der Waals surface area contributed by atoms with Gasteiger partial charge in [0, 0.05) is 66.5 Å². The van der Waals surface area contributed by atoms with Crippen molar-refractivity contribution in [2.24, 2.45) is 17.6 Å². The first kappa shape index (κ1) is 27.8. The zero-order valence-corrected chi connectivity index (χ0v) is 23.5. The Bertz CT molecular complexity index is 1800. The first-order valence-corrected chi connectivity index (χ1v) is 13.9. The standard InChI is InChI=1S/C31H28F5N5O2/c1-15-11-40-12-18(7-23(27(40)38-15)31(34,35)36)28(42)41-13-20-21(14-41)26(20)43-25-9-19(29(2,3)37)8-24(39-25)16-4-5-22-17(6-16)10-30(22,32)33/h4-9,11-12,20-21,26H,10,13-14,37H2,1-3H3/t20-,21+,26?. The molecule has 0 spiro atoms. The van der Waals surface area contributed by atoms with Crippen LogP contribution >= 0.6 is 0 Å². The molecule has 43 heavy (non-hydrogen) atoms. The van der Waals surface area contributed by atoms with Crippen LogP contribution in [0.2, 0.25) is 0 Å². The summed E-state index contributed by atoms with van der Waals surface area (Å²) in [6.07, 6.45) is -2.35. The number of carbonyl (C=O) groups excluding carboxylic acids is 1. The minimum Gasteiger partial charge on any atom is -0.474 e. The van der Waals surface area contributed by atoms with Crippen LogP contribution in [0, 0.1) is 18.8 Å². The average Bonchev–Trinajstić information content (AvgIpc) is 3.22. The predicted octanol–water partition coefficient (Wildman–Crippen LogP) is 5.71. The Morgan fingerprint density at radius 2 is 1.77 bits per heavy atom. The van der Waals surface area contributed by atoms with Crippen molar-refractivity contribution in [3.8, 4) is 17.1 Å². The molecule has 4 heterocycles. The smallest absolute Gasteiger partial charge is 0.420 e. The highest BCUT2D eigenvalue weighted by molar-refractivity contribution is 5.95. The number of benzene rings is 1. The van der Waals surface area contributed by atoms with Crippen molar-refractivity contribution in [1.29, 1.82) is 0 Å². The van der Waals surface area contributed by atoms with E-state index in [2.05, 4.69) is 9.97 Å². The fourth-order valence-electron chi connectivity index (χ4n) is 6.25. The number of likely N-dealkylation sites (tertiary alicyclic amines) is 1. The summed E-state index contributed by atoms with van der Waals surface area (Å²) in [5.74, 6) is -2.94. The molecule has 1 saturated carbocycles. The molecule has 1 aliphatic heterocycles. The van der Waals surface area contributed by atoms with Crippen molar-refractivity contribution >= 4 is 11.6 Å². The topological polar surface area (TPSA) is 85.8 Å². The van der Waals surface area contributed by atoms with Gasteiger partial charge in [-0.25, -0.2) is 18.7 Å². The molecule has 7 nitrogen and oxygen atoms in total.